The molecule has 4 rings (SSSR count). The third-order valence-electron chi connectivity index (χ3n) is 4.62. The van der Waals surface area contributed by atoms with Crippen molar-refractivity contribution in [3.63, 3.8) is 0 Å². The molecule has 0 unspecified atom stereocenters. The summed E-state index contributed by atoms with van der Waals surface area (Å²) < 4.78 is 12.4. The Kier molecular flexibility index (Phi) is 3.12. The second kappa shape index (κ2) is 5.11. The summed E-state index contributed by atoms with van der Waals surface area (Å²) in [6.45, 7) is 0. The topological polar surface area (TPSA) is 77.8 Å². The van der Waals surface area contributed by atoms with E-state index in [0.717, 1.165) is 0 Å². The second-order valence-corrected chi connectivity index (χ2v) is 5.86. The molecule has 0 aliphatic rings. The van der Waals surface area contributed by atoms with E-state index in [2.05, 4.69) is 0 Å². The first kappa shape index (κ1) is 15.3. The van der Waals surface area contributed by atoms with E-state index in [9.17, 15) is 14.7 Å². The van der Waals surface area contributed by atoms with Gasteiger partial charge in [0, 0.05) is 40.2 Å². The number of fused-ring (bicyclic) bond motifs is 2. The number of benzene rings is 3. The smallest absolute Gasteiger partial charge is 0.232 e. The van der Waals surface area contributed by atoms with Crippen molar-refractivity contribution in [1.82, 2.24) is 4.57 Å². The lowest BCUT2D eigenvalue weighted by molar-refractivity contribution is 0.356. The molecule has 0 fully saturated rings. The molecule has 0 aliphatic carbocycles. The number of phenols is 1. The Bertz CT molecular complexity index is 1270. The van der Waals surface area contributed by atoms with Crippen molar-refractivity contribution in [2.24, 2.45) is 7.05 Å². The first-order chi connectivity index (χ1) is 12.0. The Morgan fingerprint density at radius 3 is 2.32 bits per heavy atom. The first-order valence-corrected chi connectivity index (χ1v) is 7.65. The number of methoxy groups -OCH3 is 2. The summed E-state index contributed by atoms with van der Waals surface area (Å²) >= 11 is 0. The van der Waals surface area contributed by atoms with E-state index in [1.807, 2.05) is 0 Å². The van der Waals surface area contributed by atoms with Crippen LogP contribution < -0.4 is 20.3 Å². The van der Waals surface area contributed by atoms with Crippen LogP contribution in [0.1, 0.15) is 0 Å². The first-order valence-electron chi connectivity index (χ1n) is 7.65. The van der Waals surface area contributed by atoms with Gasteiger partial charge in [-0.3, -0.25) is 9.59 Å². The van der Waals surface area contributed by atoms with Gasteiger partial charge in [-0.15, -0.1) is 0 Å². The van der Waals surface area contributed by atoms with Crippen LogP contribution in [-0.2, 0) is 7.05 Å². The summed E-state index contributed by atoms with van der Waals surface area (Å²) in [5, 5.41) is 12.6. The summed E-state index contributed by atoms with van der Waals surface area (Å²) in [4.78, 5) is 25.6. The fraction of sp³-hybridized carbons (Fsp3) is 0.158. The lowest BCUT2D eigenvalue weighted by Gasteiger charge is -2.17. The van der Waals surface area contributed by atoms with E-state index < -0.39 is 5.43 Å². The molecule has 0 aliphatic heterocycles. The third-order valence-corrected chi connectivity index (χ3v) is 4.62. The molecule has 3 aromatic carbocycles. The predicted molar refractivity (Wildman–Crippen MR) is 96.4 cm³/mol. The van der Waals surface area contributed by atoms with Gasteiger partial charge >= 0.3 is 0 Å². The highest BCUT2D eigenvalue weighted by atomic mass is 16.5. The molecule has 1 aromatic heterocycles. The molecule has 0 spiro atoms. The molecular weight excluding hydrogens is 322 g/mol. The van der Waals surface area contributed by atoms with Gasteiger partial charge in [-0.05, 0) is 12.1 Å². The zero-order chi connectivity index (χ0) is 17.9. The van der Waals surface area contributed by atoms with Crippen molar-refractivity contribution in [3.05, 3.63) is 50.9 Å². The van der Waals surface area contributed by atoms with Crippen molar-refractivity contribution >= 4 is 32.4 Å². The Labute approximate surface area is 141 Å². The number of aryl methyl sites for hydroxylation is 1. The average Bonchev–Trinajstić information content (AvgIpc) is 2.60. The number of phenolic OH excluding ortho intramolecular Hbond substituents is 1. The monoisotopic (exact) mass is 337 g/mol. The van der Waals surface area contributed by atoms with Crippen LogP contribution in [0.2, 0.25) is 0 Å². The number of hydrogen-bond donors (Lipinski definition) is 1. The zero-order valence-corrected chi connectivity index (χ0v) is 13.9. The molecule has 1 N–H and O–H groups in total. The zero-order valence-electron chi connectivity index (χ0n) is 13.9. The Hall–Kier alpha value is -3.28. The van der Waals surface area contributed by atoms with Crippen LogP contribution in [-0.4, -0.2) is 23.9 Å². The number of hydrogen-bond acceptors (Lipinski definition) is 5. The van der Waals surface area contributed by atoms with E-state index in [-0.39, 0.29) is 33.4 Å². The SMILES string of the molecule is COc1c(OC)c2ccn(C)c3c(O)c4cccc(=O)c4c(c1=O)c23. The highest BCUT2D eigenvalue weighted by molar-refractivity contribution is 6.25. The van der Waals surface area contributed by atoms with Crippen LogP contribution in [0.3, 0.4) is 0 Å². The maximum atomic E-state index is 13.1. The number of rotatable bonds is 2. The van der Waals surface area contributed by atoms with Gasteiger partial charge in [-0.2, -0.15) is 0 Å². The lowest BCUT2D eigenvalue weighted by atomic mass is 9.95. The fourth-order valence-corrected chi connectivity index (χ4v) is 3.57. The minimum Gasteiger partial charge on any atom is -0.505 e. The molecule has 126 valence electrons. The van der Waals surface area contributed by atoms with Crippen molar-refractivity contribution in [1.29, 1.82) is 0 Å². The Morgan fingerprint density at radius 1 is 0.920 bits per heavy atom. The molecule has 0 saturated carbocycles. The van der Waals surface area contributed by atoms with Gasteiger partial charge < -0.3 is 19.1 Å². The van der Waals surface area contributed by atoms with Crippen LogP contribution in [0.4, 0.5) is 0 Å². The number of aromatic hydroxyl groups is 1. The third kappa shape index (κ3) is 1.79. The van der Waals surface area contributed by atoms with Gasteiger partial charge in [0.1, 0.15) is 5.75 Å². The molecule has 4 aromatic rings. The van der Waals surface area contributed by atoms with Gasteiger partial charge in [0.15, 0.2) is 11.2 Å². The number of aromatic nitrogens is 1. The summed E-state index contributed by atoms with van der Waals surface area (Å²) in [6.07, 6.45) is 1.76. The van der Waals surface area contributed by atoms with Crippen LogP contribution in [0.15, 0.2) is 40.1 Å². The molecule has 6 heteroatoms. The predicted octanol–water partition coefficient (Wildman–Crippen LogP) is 2.37. The second-order valence-electron chi connectivity index (χ2n) is 5.86. The van der Waals surface area contributed by atoms with E-state index in [4.69, 9.17) is 9.47 Å². The molecular formula is C19H15NO5. The Balaban J connectivity index is 2.55. The van der Waals surface area contributed by atoms with Crippen molar-refractivity contribution in [2.45, 2.75) is 0 Å². The maximum Gasteiger partial charge on any atom is 0.232 e. The molecule has 0 amide bonds. The molecule has 0 bridgehead atoms. The van der Waals surface area contributed by atoms with E-state index in [0.29, 0.717) is 21.7 Å². The largest absolute Gasteiger partial charge is 0.505 e. The number of pyridine rings is 1. The summed E-state index contributed by atoms with van der Waals surface area (Å²) in [7, 11) is 4.60. The normalized spacial score (nSPS) is 11.5. The van der Waals surface area contributed by atoms with Crippen molar-refractivity contribution in [2.75, 3.05) is 14.2 Å². The van der Waals surface area contributed by atoms with Gasteiger partial charge in [-0.25, -0.2) is 0 Å². The minimum absolute atomic E-state index is 0.0417. The summed E-state index contributed by atoms with van der Waals surface area (Å²) in [6, 6.07) is 6.34. The summed E-state index contributed by atoms with van der Waals surface area (Å²) in [5.41, 5.74) is -0.299. The Morgan fingerprint density at radius 2 is 1.64 bits per heavy atom. The van der Waals surface area contributed by atoms with Gasteiger partial charge in [0.2, 0.25) is 11.2 Å². The lowest BCUT2D eigenvalue weighted by Crippen LogP contribution is -2.13. The van der Waals surface area contributed by atoms with Crippen LogP contribution in [0.25, 0.3) is 32.4 Å². The maximum absolute atomic E-state index is 13.1. The highest BCUT2D eigenvalue weighted by Crippen LogP contribution is 2.43. The molecule has 0 atom stereocenters. The highest BCUT2D eigenvalue weighted by Gasteiger charge is 2.24. The molecule has 1 heterocycles. The quantitative estimate of drug-likeness (QED) is 0.449. The van der Waals surface area contributed by atoms with Crippen LogP contribution in [0, 0.1) is 0 Å². The molecule has 0 saturated heterocycles. The van der Waals surface area contributed by atoms with Gasteiger partial charge in [0.25, 0.3) is 0 Å². The number of nitrogens with zero attached hydrogens (tertiary/aromatic N) is 1. The minimum atomic E-state index is -0.434. The summed E-state index contributed by atoms with van der Waals surface area (Å²) in [5.74, 6) is 0.285. The van der Waals surface area contributed by atoms with Gasteiger partial charge in [-0.1, -0.05) is 12.1 Å². The standard InChI is InChI=1S/C19H15NO5/c1-20-8-7-10-13-14(17(23)19(25-3)18(10)24-2)12-9(16(22)15(13)20)5-4-6-11(12)21/h4-8,22H,1-3H3. The van der Waals surface area contributed by atoms with E-state index >= 15 is 0 Å². The molecule has 25 heavy (non-hydrogen) atoms. The fourth-order valence-electron chi connectivity index (χ4n) is 3.57. The van der Waals surface area contributed by atoms with Crippen LogP contribution >= 0.6 is 0 Å². The molecule has 6 nitrogen and oxygen atoms in total. The van der Waals surface area contributed by atoms with Gasteiger partial charge in [0.05, 0.1) is 19.7 Å². The molecule has 0 radical (unpaired) electrons. The van der Waals surface area contributed by atoms with Crippen molar-refractivity contribution in [3.8, 4) is 17.2 Å². The van der Waals surface area contributed by atoms with E-state index in [1.54, 1.807) is 36.0 Å². The van der Waals surface area contributed by atoms with Crippen LogP contribution in [0.5, 0.6) is 17.2 Å². The number of ether oxygens (including phenoxy) is 2. The van der Waals surface area contributed by atoms with E-state index in [1.165, 1.54) is 20.3 Å². The average molecular weight is 337 g/mol. The van der Waals surface area contributed by atoms with Crippen molar-refractivity contribution < 1.29 is 14.6 Å².